The molecule has 0 radical (unpaired) electrons. The van der Waals surface area contributed by atoms with Gasteiger partial charge in [-0.3, -0.25) is 19.2 Å². The van der Waals surface area contributed by atoms with Crippen molar-refractivity contribution in [3.8, 4) is 0 Å². The molecule has 1 aliphatic rings. The second-order valence-electron chi connectivity index (χ2n) is 5.09. The molecule has 1 heterocycles. The van der Waals surface area contributed by atoms with Crippen molar-refractivity contribution in [1.82, 2.24) is 0 Å². The topological polar surface area (TPSA) is 135 Å². The van der Waals surface area contributed by atoms with Crippen LogP contribution in [0.1, 0.15) is 27.7 Å². The minimum atomic E-state index is -1.68. The van der Waals surface area contributed by atoms with Crippen molar-refractivity contribution in [2.75, 3.05) is 6.61 Å². The van der Waals surface area contributed by atoms with Crippen molar-refractivity contribution < 1.29 is 48.0 Å². The summed E-state index contributed by atoms with van der Waals surface area (Å²) < 4.78 is 25.0. The fourth-order valence-electron chi connectivity index (χ4n) is 2.21. The SMILES string of the molecule is CC(=O)OCC1O[C@H](O)[C@@H](OC(C)=O)C(OC(C)=O)[C@@H]1OC(C)=O. The van der Waals surface area contributed by atoms with Crippen LogP contribution in [0.2, 0.25) is 0 Å². The molecule has 1 fully saturated rings. The van der Waals surface area contributed by atoms with Crippen LogP contribution in [0.3, 0.4) is 0 Å². The van der Waals surface area contributed by atoms with Crippen LogP contribution in [0, 0.1) is 0 Å². The highest BCUT2D eigenvalue weighted by atomic mass is 16.7. The summed E-state index contributed by atoms with van der Waals surface area (Å²) in [7, 11) is 0. The van der Waals surface area contributed by atoms with Crippen molar-refractivity contribution in [3.63, 3.8) is 0 Å². The Labute approximate surface area is 137 Å². The summed E-state index contributed by atoms with van der Waals surface area (Å²) in [6.07, 6.45) is -6.79. The van der Waals surface area contributed by atoms with E-state index in [1.807, 2.05) is 0 Å². The van der Waals surface area contributed by atoms with Gasteiger partial charge in [0.25, 0.3) is 0 Å². The van der Waals surface area contributed by atoms with Gasteiger partial charge < -0.3 is 28.8 Å². The van der Waals surface area contributed by atoms with Gasteiger partial charge in [0.15, 0.2) is 24.6 Å². The summed E-state index contributed by atoms with van der Waals surface area (Å²) >= 11 is 0. The second-order valence-corrected chi connectivity index (χ2v) is 5.09. The van der Waals surface area contributed by atoms with E-state index in [2.05, 4.69) is 0 Å². The maximum atomic E-state index is 11.3. The number of esters is 4. The Kier molecular flexibility index (Phi) is 7.11. The zero-order valence-electron chi connectivity index (χ0n) is 13.7. The molecule has 0 spiro atoms. The minimum Gasteiger partial charge on any atom is -0.463 e. The predicted molar refractivity (Wildman–Crippen MR) is 74.2 cm³/mol. The summed E-state index contributed by atoms with van der Waals surface area (Å²) in [5.74, 6) is -2.87. The molecule has 136 valence electrons. The van der Waals surface area contributed by atoms with Crippen molar-refractivity contribution in [3.05, 3.63) is 0 Å². The van der Waals surface area contributed by atoms with E-state index in [1.54, 1.807) is 0 Å². The fraction of sp³-hybridized carbons (Fsp3) is 0.714. The van der Waals surface area contributed by atoms with Crippen molar-refractivity contribution in [2.24, 2.45) is 0 Å². The van der Waals surface area contributed by atoms with E-state index in [0.717, 1.165) is 27.7 Å². The fourth-order valence-corrected chi connectivity index (χ4v) is 2.21. The molecule has 0 bridgehead atoms. The molecule has 2 unspecified atom stereocenters. The van der Waals surface area contributed by atoms with Gasteiger partial charge in [-0.1, -0.05) is 0 Å². The highest BCUT2D eigenvalue weighted by molar-refractivity contribution is 5.68. The van der Waals surface area contributed by atoms with Gasteiger partial charge in [-0.15, -0.1) is 0 Å². The quantitative estimate of drug-likeness (QED) is 0.490. The molecule has 0 aromatic carbocycles. The Morgan fingerprint density at radius 1 is 0.792 bits per heavy atom. The Bertz CT molecular complexity index is 502. The summed E-state index contributed by atoms with van der Waals surface area (Å²) in [6, 6.07) is 0. The Balaban J connectivity index is 3.11. The summed E-state index contributed by atoms with van der Waals surface area (Å²) in [6.45, 7) is 4.09. The first-order valence-corrected chi connectivity index (χ1v) is 7.10. The largest absolute Gasteiger partial charge is 0.463 e. The van der Waals surface area contributed by atoms with E-state index in [4.69, 9.17) is 23.7 Å². The molecule has 0 aromatic rings. The molecule has 1 aliphatic heterocycles. The molecule has 0 aromatic heterocycles. The van der Waals surface area contributed by atoms with Gasteiger partial charge in [-0.05, 0) is 0 Å². The molecular formula is C14H20O10. The Morgan fingerprint density at radius 2 is 1.25 bits per heavy atom. The first-order chi connectivity index (χ1) is 11.1. The minimum absolute atomic E-state index is 0.366. The van der Waals surface area contributed by atoms with Gasteiger partial charge in [-0.25, -0.2) is 0 Å². The lowest BCUT2D eigenvalue weighted by Gasteiger charge is -2.42. The molecule has 1 saturated heterocycles. The molecule has 24 heavy (non-hydrogen) atoms. The van der Waals surface area contributed by atoms with Gasteiger partial charge in [-0.2, -0.15) is 0 Å². The Hall–Kier alpha value is -2.20. The number of hydrogen-bond acceptors (Lipinski definition) is 10. The van der Waals surface area contributed by atoms with Crippen LogP contribution in [0.4, 0.5) is 0 Å². The highest BCUT2D eigenvalue weighted by Crippen LogP contribution is 2.28. The molecule has 10 nitrogen and oxygen atoms in total. The number of carbonyl (C=O) groups excluding carboxylic acids is 4. The maximum Gasteiger partial charge on any atom is 0.303 e. The second kappa shape index (κ2) is 8.60. The molecule has 0 amide bonds. The van der Waals surface area contributed by atoms with Gasteiger partial charge >= 0.3 is 23.9 Å². The Morgan fingerprint density at radius 3 is 1.71 bits per heavy atom. The van der Waals surface area contributed by atoms with Crippen LogP contribution in [0.5, 0.6) is 0 Å². The highest BCUT2D eigenvalue weighted by Gasteiger charge is 2.51. The lowest BCUT2D eigenvalue weighted by molar-refractivity contribution is -0.296. The third kappa shape index (κ3) is 5.78. The van der Waals surface area contributed by atoms with Gasteiger partial charge in [0.05, 0.1) is 0 Å². The number of aliphatic hydroxyl groups is 1. The van der Waals surface area contributed by atoms with Crippen LogP contribution < -0.4 is 0 Å². The lowest BCUT2D eigenvalue weighted by atomic mass is 9.98. The van der Waals surface area contributed by atoms with E-state index < -0.39 is 54.6 Å². The zero-order chi connectivity index (χ0) is 18.4. The van der Waals surface area contributed by atoms with Crippen LogP contribution in [0.25, 0.3) is 0 Å². The van der Waals surface area contributed by atoms with Crippen LogP contribution in [-0.4, -0.2) is 66.3 Å². The maximum absolute atomic E-state index is 11.3. The molecule has 1 N–H and O–H groups in total. The van der Waals surface area contributed by atoms with Crippen molar-refractivity contribution >= 4 is 23.9 Å². The molecular weight excluding hydrogens is 328 g/mol. The first kappa shape index (κ1) is 19.8. The molecule has 10 heteroatoms. The summed E-state index contributed by atoms with van der Waals surface area (Å²) in [5, 5.41) is 10.0. The number of aliphatic hydroxyl groups excluding tert-OH is 1. The molecule has 5 atom stereocenters. The molecule has 0 saturated carbocycles. The normalized spacial score (nSPS) is 29.3. The zero-order valence-corrected chi connectivity index (χ0v) is 13.7. The molecule has 0 aliphatic carbocycles. The van der Waals surface area contributed by atoms with Crippen LogP contribution in [0.15, 0.2) is 0 Å². The summed E-state index contributed by atoms with van der Waals surface area (Å²) in [4.78, 5) is 44.9. The average molecular weight is 348 g/mol. The molecule has 1 rings (SSSR count). The third-order valence-corrected chi connectivity index (χ3v) is 2.97. The van der Waals surface area contributed by atoms with E-state index in [0.29, 0.717) is 0 Å². The number of hydrogen-bond donors (Lipinski definition) is 1. The number of rotatable bonds is 5. The third-order valence-electron chi connectivity index (χ3n) is 2.97. The standard InChI is InChI=1S/C14H20O10/c1-6(15)20-5-10-11(21-7(2)16)12(22-8(3)17)13(14(19)24-10)23-9(4)18/h10-14,19H,5H2,1-4H3/t10?,11-,12?,13+,14+/m1/s1. The van der Waals surface area contributed by atoms with Crippen molar-refractivity contribution in [1.29, 1.82) is 0 Å². The van der Waals surface area contributed by atoms with Crippen LogP contribution in [-0.2, 0) is 42.9 Å². The monoisotopic (exact) mass is 348 g/mol. The van der Waals surface area contributed by atoms with E-state index in [-0.39, 0.29) is 6.61 Å². The number of ether oxygens (including phenoxy) is 5. The van der Waals surface area contributed by atoms with E-state index in [1.165, 1.54) is 0 Å². The smallest absolute Gasteiger partial charge is 0.303 e. The van der Waals surface area contributed by atoms with Crippen molar-refractivity contribution in [2.45, 2.75) is 58.4 Å². The average Bonchev–Trinajstić information content (AvgIpc) is 2.42. The predicted octanol–water partition coefficient (Wildman–Crippen LogP) is -0.938. The first-order valence-electron chi connectivity index (χ1n) is 7.10. The van der Waals surface area contributed by atoms with Gasteiger partial charge in [0.2, 0.25) is 0 Å². The van der Waals surface area contributed by atoms with Gasteiger partial charge in [0, 0.05) is 27.7 Å². The summed E-state index contributed by atoms with van der Waals surface area (Å²) in [5.41, 5.74) is 0. The number of carbonyl (C=O) groups is 4. The lowest BCUT2D eigenvalue weighted by Crippen LogP contribution is -2.62. The van der Waals surface area contributed by atoms with Gasteiger partial charge in [0.1, 0.15) is 12.7 Å². The van der Waals surface area contributed by atoms with E-state index >= 15 is 0 Å². The van der Waals surface area contributed by atoms with E-state index in [9.17, 15) is 24.3 Å². The van der Waals surface area contributed by atoms with Crippen LogP contribution >= 0.6 is 0 Å².